The van der Waals surface area contributed by atoms with E-state index in [-0.39, 0.29) is 0 Å². The zero-order chi connectivity index (χ0) is 14.3. The summed E-state index contributed by atoms with van der Waals surface area (Å²) in [6.45, 7) is 2.07. The number of hydrogen-bond acceptors (Lipinski definition) is 2. The second kappa shape index (κ2) is 4.89. The Labute approximate surface area is 116 Å². The Bertz CT molecular complexity index is 625. The Balaban J connectivity index is 2.11. The minimum Gasteiger partial charge on any atom is -0.383 e. The van der Waals surface area contributed by atoms with Gasteiger partial charge in [-0.2, -0.15) is 0 Å². The van der Waals surface area contributed by atoms with Gasteiger partial charge < -0.3 is 10.3 Å². The molecule has 1 aromatic heterocycles. The van der Waals surface area contributed by atoms with Gasteiger partial charge in [0.25, 0.3) is 0 Å². The number of imidazole rings is 1. The molecule has 1 aliphatic rings. The van der Waals surface area contributed by atoms with E-state index >= 15 is 0 Å². The van der Waals surface area contributed by atoms with Gasteiger partial charge in [0, 0.05) is 24.1 Å². The number of aryl methyl sites for hydroxylation is 1. The maximum absolute atomic E-state index is 13.4. The topological polar surface area (TPSA) is 43.8 Å². The highest BCUT2D eigenvalue weighted by molar-refractivity contribution is 5.71. The van der Waals surface area contributed by atoms with Gasteiger partial charge in [-0.05, 0) is 31.4 Å². The minimum absolute atomic E-state index is 0.399. The molecule has 0 radical (unpaired) electrons. The van der Waals surface area contributed by atoms with Gasteiger partial charge in [-0.15, -0.1) is 0 Å². The van der Waals surface area contributed by atoms with E-state index in [0.717, 1.165) is 37.6 Å². The highest BCUT2D eigenvalue weighted by Gasteiger charge is 2.29. The van der Waals surface area contributed by atoms with E-state index < -0.39 is 11.6 Å². The molecule has 1 aromatic carbocycles. The van der Waals surface area contributed by atoms with Crippen LogP contribution in [-0.2, 0) is 6.42 Å². The average Bonchev–Trinajstić information content (AvgIpc) is 3.14. The molecule has 0 bridgehead atoms. The lowest BCUT2D eigenvalue weighted by atomic mass is 10.1. The highest BCUT2D eigenvalue weighted by Crippen LogP contribution is 2.41. The standard InChI is InChI=1S/C15H17F2N3/c1-2-3-13-19-14(15(18)20(13)12-4-5-12)9-6-10(16)8-11(17)7-9/h6-8,12H,2-5,18H2,1H3. The van der Waals surface area contributed by atoms with E-state index in [1.807, 2.05) is 4.57 Å². The molecule has 2 aromatic rings. The smallest absolute Gasteiger partial charge is 0.131 e. The number of halogens is 2. The number of rotatable bonds is 4. The second-order valence-corrected chi connectivity index (χ2v) is 5.27. The number of benzene rings is 1. The van der Waals surface area contributed by atoms with Crippen LogP contribution in [-0.4, -0.2) is 9.55 Å². The monoisotopic (exact) mass is 277 g/mol. The van der Waals surface area contributed by atoms with Crippen molar-refractivity contribution in [2.45, 2.75) is 38.6 Å². The molecular formula is C15H17F2N3. The van der Waals surface area contributed by atoms with Crippen LogP contribution in [0.15, 0.2) is 18.2 Å². The maximum Gasteiger partial charge on any atom is 0.131 e. The molecule has 0 unspecified atom stereocenters. The van der Waals surface area contributed by atoms with E-state index in [4.69, 9.17) is 5.73 Å². The van der Waals surface area contributed by atoms with Gasteiger partial charge in [0.2, 0.25) is 0 Å². The van der Waals surface area contributed by atoms with Crippen LogP contribution in [0.25, 0.3) is 11.3 Å². The lowest BCUT2D eigenvalue weighted by Crippen LogP contribution is -2.05. The van der Waals surface area contributed by atoms with Crippen LogP contribution < -0.4 is 5.73 Å². The zero-order valence-electron chi connectivity index (χ0n) is 11.4. The molecule has 3 nitrogen and oxygen atoms in total. The summed E-state index contributed by atoms with van der Waals surface area (Å²) < 4.78 is 28.7. The fourth-order valence-corrected chi connectivity index (χ4v) is 2.54. The Morgan fingerprint density at radius 2 is 1.90 bits per heavy atom. The molecule has 1 aliphatic carbocycles. The first kappa shape index (κ1) is 13.1. The molecule has 0 saturated heterocycles. The first-order valence-corrected chi connectivity index (χ1v) is 6.93. The number of aromatic nitrogens is 2. The SMILES string of the molecule is CCCc1nc(-c2cc(F)cc(F)c2)c(N)n1C1CC1. The largest absolute Gasteiger partial charge is 0.383 e. The van der Waals surface area contributed by atoms with Crippen LogP contribution in [0, 0.1) is 11.6 Å². The van der Waals surface area contributed by atoms with Crippen molar-refractivity contribution in [3.8, 4) is 11.3 Å². The van der Waals surface area contributed by atoms with Crippen molar-refractivity contribution in [1.29, 1.82) is 0 Å². The van der Waals surface area contributed by atoms with E-state index in [1.165, 1.54) is 12.1 Å². The predicted octanol–water partition coefficient (Wildman–Crippen LogP) is 3.70. The van der Waals surface area contributed by atoms with Crippen molar-refractivity contribution in [3.05, 3.63) is 35.7 Å². The van der Waals surface area contributed by atoms with Gasteiger partial charge in [0.15, 0.2) is 0 Å². The minimum atomic E-state index is -0.614. The Morgan fingerprint density at radius 3 is 2.45 bits per heavy atom. The number of nitrogens with two attached hydrogens (primary N) is 1. The molecule has 1 heterocycles. The summed E-state index contributed by atoms with van der Waals surface area (Å²) in [5.41, 5.74) is 7.05. The molecule has 0 atom stereocenters. The summed E-state index contributed by atoms with van der Waals surface area (Å²) >= 11 is 0. The molecule has 20 heavy (non-hydrogen) atoms. The normalized spacial score (nSPS) is 14.8. The van der Waals surface area contributed by atoms with Gasteiger partial charge in [0.05, 0.1) is 0 Å². The van der Waals surface area contributed by atoms with E-state index in [2.05, 4.69) is 11.9 Å². The molecule has 106 valence electrons. The van der Waals surface area contributed by atoms with Crippen LogP contribution >= 0.6 is 0 Å². The molecule has 0 amide bonds. The third-order valence-corrected chi connectivity index (χ3v) is 3.54. The first-order chi connectivity index (χ1) is 9.60. The third-order valence-electron chi connectivity index (χ3n) is 3.54. The van der Waals surface area contributed by atoms with Crippen molar-refractivity contribution in [2.75, 3.05) is 5.73 Å². The molecule has 3 rings (SSSR count). The van der Waals surface area contributed by atoms with Crippen LogP contribution in [0.3, 0.4) is 0 Å². The zero-order valence-corrected chi connectivity index (χ0v) is 11.4. The summed E-state index contributed by atoms with van der Waals surface area (Å²) in [4.78, 5) is 4.52. The predicted molar refractivity (Wildman–Crippen MR) is 74.3 cm³/mol. The number of nitrogen functional groups attached to an aromatic ring is 1. The molecule has 1 saturated carbocycles. The Morgan fingerprint density at radius 1 is 1.25 bits per heavy atom. The summed E-state index contributed by atoms with van der Waals surface area (Å²) in [5, 5.41) is 0. The van der Waals surface area contributed by atoms with Crippen LogP contribution in [0.1, 0.15) is 38.1 Å². The number of hydrogen-bond donors (Lipinski definition) is 1. The first-order valence-electron chi connectivity index (χ1n) is 6.93. The van der Waals surface area contributed by atoms with Crippen LogP contribution in [0.2, 0.25) is 0 Å². The van der Waals surface area contributed by atoms with Crippen LogP contribution in [0.5, 0.6) is 0 Å². The Kier molecular flexibility index (Phi) is 3.20. The van der Waals surface area contributed by atoms with Gasteiger partial charge in [-0.25, -0.2) is 13.8 Å². The summed E-state index contributed by atoms with van der Waals surface area (Å²) in [6.07, 6.45) is 3.96. The van der Waals surface area contributed by atoms with Gasteiger partial charge in [-0.3, -0.25) is 0 Å². The van der Waals surface area contributed by atoms with Gasteiger partial charge in [0.1, 0.15) is 29.0 Å². The molecule has 2 N–H and O–H groups in total. The highest BCUT2D eigenvalue weighted by atomic mass is 19.1. The maximum atomic E-state index is 13.4. The summed E-state index contributed by atoms with van der Waals surface area (Å²) in [5.74, 6) is 0.197. The fraction of sp³-hybridized carbons (Fsp3) is 0.400. The van der Waals surface area contributed by atoms with E-state index in [1.54, 1.807) is 0 Å². The summed E-state index contributed by atoms with van der Waals surface area (Å²) in [6, 6.07) is 3.80. The van der Waals surface area contributed by atoms with E-state index in [0.29, 0.717) is 23.1 Å². The van der Waals surface area contributed by atoms with Gasteiger partial charge in [-0.1, -0.05) is 6.92 Å². The number of anilines is 1. The third kappa shape index (κ3) is 2.28. The van der Waals surface area contributed by atoms with Crippen molar-refractivity contribution in [3.63, 3.8) is 0 Å². The van der Waals surface area contributed by atoms with Crippen molar-refractivity contribution >= 4 is 5.82 Å². The average molecular weight is 277 g/mol. The van der Waals surface area contributed by atoms with Crippen molar-refractivity contribution < 1.29 is 8.78 Å². The molecule has 1 fully saturated rings. The fourth-order valence-electron chi connectivity index (χ4n) is 2.54. The summed E-state index contributed by atoms with van der Waals surface area (Å²) in [7, 11) is 0. The van der Waals surface area contributed by atoms with Crippen LogP contribution in [0.4, 0.5) is 14.6 Å². The van der Waals surface area contributed by atoms with E-state index in [9.17, 15) is 8.78 Å². The number of nitrogens with zero attached hydrogens (tertiary/aromatic N) is 2. The lowest BCUT2D eigenvalue weighted by Gasteiger charge is -2.07. The quantitative estimate of drug-likeness (QED) is 0.926. The van der Waals surface area contributed by atoms with Crippen molar-refractivity contribution in [1.82, 2.24) is 9.55 Å². The lowest BCUT2D eigenvalue weighted by molar-refractivity contribution is 0.584. The molecule has 0 aliphatic heterocycles. The molecule has 5 heteroatoms. The molecular weight excluding hydrogens is 260 g/mol. The second-order valence-electron chi connectivity index (χ2n) is 5.27. The molecule has 0 spiro atoms. The van der Waals surface area contributed by atoms with Crippen molar-refractivity contribution in [2.24, 2.45) is 0 Å². The Hall–Kier alpha value is -1.91. The van der Waals surface area contributed by atoms with Gasteiger partial charge >= 0.3 is 0 Å².